The highest BCUT2D eigenvalue weighted by atomic mass is 32.1. The molecule has 1 aromatic heterocycles. The maximum absolute atomic E-state index is 11.2. The van der Waals surface area contributed by atoms with Crippen LogP contribution in [0.4, 0.5) is 0 Å². The second-order valence-electron chi connectivity index (χ2n) is 6.32. The van der Waals surface area contributed by atoms with Gasteiger partial charge in [0.05, 0.1) is 5.92 Å². The second kappa shape index (κ2) is 7.81. The molecule has 130 valence electrons. The standard InChI is InChI=1S/C19H25NO3S/c1-11-6-5-7-12(2)17(11)23-16(18-13(3)8-9-24-18)10-15(20)14(4)19(21)22/h5-9,14-16H,10,20H2,1-4H3,(H,21,22). The molecule has 0 aliphatic rings. The third-order valence-corrected chi connectivity index (χ3v) is 5.49. The fraction of sp³-hybridized carbons (Fsp3) is 0.421. The summed E-state index contributed by atoms with van der Waals surface area (Å²) in [6.45, 7) is 7.71. The number of carbonyl (C=O) groups is 1. The van der Waals surface area contributed by atoms with E-state index in [1.807, 2.05) is 50.4 Å². The molecule has 0 aliphatic carbocycles. The molecule has 0 radical (unpaired) electrons. The largest absolute Gasteiger partial charge is 0.484 e. The fourth-order valence-corrected chi connectivity index (χ4v) is 3.65. The summed E-state index contributed by atoms with van der Waals surface area (Å²) in [6, 6.07) is 7.60. The van der Waals surface area contributed by atoms with E-state index in [1.165, 1.54) is 0 Å². The fourth-order valence-electron chi connectivity index (χ4n) is 2.68. The van der Waals surface area contributed by atoms with Crippen molar-refractivity contribution in [1.29, 1.82) is 0 Å². The van der Waals surface area contributed by atoms with Gasteiger partial charge in [-0.05, 0) is 48.9 Å². The third-order valence-electron chi connectivity index (χ3n) is 4.38. The van der Waals surface area contributed by atoms with Crippen molar-refractivity contribution in [3.8, 4) is 5.75 Å². The predicted octanol–water partition coefficient (Wildman–Crippen LogP) is 4.23. The number of aliphatic carboxylic acids is 1. The molecule has 4 nitrogen and oxygen atoms in total. The van der Waals surface area contributed by atoms with Crippen molar-refractivity contribution in [2.75, 3.05) is 0 Å². The van der Waals surface area contributed by atoms with Crippen LogP contribution >= 0.6 is 11.3 Å². The Bertz CT molecular complexity index is 690. The van der Waals surface area contributed by atoms with Crippen molar-refractivity contribution in [2.24, 2.45) is 11.7 Å². The van der Waals surface area contributed by atoms with E-state index in [9.17, 15) is 9.90 Å². The second-order valence-corrected chi connectivity index (χ2v) is 7.27. The molecule has 3 atom stereocenters. The summed E-state index contributed by atoms with van der Waals surface area (Å²) >= 11 is 1.62. The van der Waals surface area contributed by atoms with E-state index in [4.69, 9.17) is 10.5 Å². The Morgan fingerprint density at radius 1 is 1.21 bits per heavy atom. The molecule has 0 aliphatic heterocycles. The first-order chi connectivity index (χ1) is 11.3. The van der Waals surface area contributed by atoms with Crippen LogP contribution in [0.25, 0.3) is 0 Å². The third kappa shape index (κ3) is 4.16. The number of hydrogen-bond acceptors (Lipinski definition) is 4. The highest BCUT2D eigenvalue weighted by Crippen LogP contribution is 2.35. The van der Waals surface area contributed by atoms with Crippen LogP contribution in [-0.2, 0) is 4.79 Å². The molecule has 5 heteroatoms. The molecule has 1 heterocycles. The molecule has 0 fully saturated rings. The van der Waals surface area contributed by atoms with Gasteiger partial charge in [-0.2, -0.15) is 0 Å². The van der Waals surface area contributed by atoms with Crippen molar-refractivity contribution >= 4 is 17.3 Å². The Balaban J connectivity index is 2.31. The summed E-state index contributed by atoms with van der Waals surface area (Å²) in [5.74, 6) is -0.643. The molecule has 3 N–H and O–H groups in total. The lowest BCUT2D eigenvalue weighted by Gasteiger charge is -2.26. The number of carboxylic acid groups (broad SMARTS) is 1. The van der Waals surface area contributed by atoms with Gasteiger partial charge in [0.2, 0.25) is 0 Å². The monoisotopic (exact) mass is 347 g/mol. The van der Waals surface area contributed by atoms with Crippen molar-refractivity contribution < 1.29 is 14.6 Å². The van der Waals surface area contributed by atoms with Crippen LogP contribution < -0.4 is 10.5 Å². The average molecular weight is 347 g/mol. The average Bonchev–Trinajstić information content (AvgIpc) is 2.95. The Kier molecular flexibility index (Phi) is 6.02. The highest BCUT2D eigenvalue weighted by molar-refractivity contribution is 7.10. The van der Waals surface area contributed by atoms with Gasteiger partial charge in [-0.1, -0.05) is 25.1 Å². The van der Waals surface area contributed by atoms with Crippen molar-refractivity contribution in [2.45, 2.75) is 46.3 Å². The van der Waals surface area contributed by atoms with Gasteiger partial charge in [0.1, 0.15) is 11.9 Å². The van der Waals surface area contributed by atoms with Crippen molar-refractivity contribution in [3.05, 3.63) is 51.2 Å². The topological polar surface area (TPSA) is 72.6 Å². The molecule has 0 amide bonds. The summed E-state index contributed by atoms with van der Waals surface area (Å²) in [7, 11) is 0. The molecule has 0 saturated carbocycles. The van der Waals surface area contributed by atoms with Crippen LogP contribution in [0.2, 0.25) is 0 Å². The number of nitrogens with two attached hydrogens (primary N) is 1. The summed E-state index contributed by atoms with van der Waals surface area (Å²) in [5, 5.41) is 11.2. The van der Waals surface area contributed by atoms with Gasteiger partial charge in [-0.3, -0.25) is 4.79 Å². The van der Waals surface area contributed by atoms with Crippen LogP contribution in [-0.4, -0.2) is 17.1 Å². The molecule has 2 aromatic rings. The molecule has 3 unspecified atom stereocenters. The number of hydrogen-bond donors (Lipinski definition) is 2. The highest BCUT2D eigenvalue weighted by Gasteiger charge is 2.27. The minimum atomic E-state index is -0.878. The van der Waals surface area contributed by atoms with Crippen molar-refractivity contribution in [3.63, 3.8) is 0 Å². The molecule has 2 rings (SSSR count). The normalized spacial score (nSPS) is 14.9. The van der Waals surface area contributed by atoms with Gasteiger partial charge in [0.15, 0.2) is 0 Å². The smallest absolute Gasteiger partial charge is 0.307 e. The molecule has 0 saturated heterocycles. The zero-order chi connectivity index (χ0) is 17.9. The number of thiophene rings is 1. The maximum Gasteiger partial charge on any atom is 0.307 e. The molecule has 24 heavy (non-hydrogen) atoms. The number of ether oxygens (including phenoxy) is 1. The molecular weight excluding hydrogens is 322 g/mol. The van der Waals surface area contributed by atoms with E-state index in [-0.39, 0.29) is 6.10 Å². The number of para-hydroxylation sites is 1. The Morgan fingerprint density at radius 3 is 2.33 bits per heavy atom. The minimum absolute atomic E-state index is 0.249. The maximum atomic E-state index is 11.2. The van der Waals surface area contributed by atoms with Gasteiger partial charge < -0.3 is 15.6 Å². The SMILES string of the molecule is Cc1ccsc1C(CC(N)C(C)C(=O)O)Oc1c(C)cccc1C. The molecule has 0 bridgehead atoms. The Morgan fingerprint density at radius 2 is 1.83 bits per heavy atom. The van der Waals surface area contributed by atoms with Crippen LogP contribution in [0.15, 0.2) is 29.6 Å². The first-order valence-corrected chi connectivity index (χ1v) is 8.94. The quantitative estimate of drug-likeness (QED) is 0.786. The zero-order valence-corrected chi connectivity index (χ0v) is 15.4. The summed E-state index contributed by atoms with van der Waals surface area (Å²) < 4.78 is 6.34. The molecule has 1 aromatic carbocycles. The molecular formula is C19H25NO3S. The van der Waals surface area contributed by atoms with Gasteiger partial charge in [-0.25, -0.2) is 0 Å². The summed E-state index contributed by atoms with van der Waals surface area (Å²) in [5.41, 5.74) is 9.42. The van der Waals surface area contributed by atoms with E-state index in [2.05, 4.69) is 0 Å². The van der Waals surface area contributed by atoms with Crippen LogP contribution in [0.5, 0.6) is 5.75 Å². The first kappa shape index (κ1) is 18.5. The first-order valence-electron chi connectivity index (χ1n) is 8.06. The number of rotatable bonds is 7. The predicted molar refractivity (Wildman–Crippen MR) is 97.7 cm³/mol. The number of aryl methyl sites for hydroxylation is 3. The lowest BCUT2D eigenvalue weighted by atomic mass is 9.95. The summed E-state index contributed by atoms with van der Waals surface area (Å²) in [4.78, 5) is 12.3. The zero-order valence-electron chi connectivity index (χ0n) is 14.6. The number of carboxylic acids is 1. The van der Waals surface area contributed by atoms with Gasteiger partial charge in [-0.15, -0.1) is 11.3 Å². The van der Waals surface area contributed by atoms with Gasteiger partial charge in [0.25, 0.3) is 0 Å². The van der Waals surface area contributed by atoms with Crippen LogP contribution in [0.3, 0.4) is 0 Å². The lowest BCUT2D eigenvalue weighted by molar-refractivity contribution is -0.142. The lowest BCUT2D eigenvalue weighted by Crippen LogP contribution is -2.35. The Labute approximate surface area is 147 Å². The van der Waals surface area contributed by atoms with E-state index in [0.29, 0.717) is 6.42 Å². The van der Waals surface area contributed by atoms with Crippen LogP contribution in [0.1, 0.15) is 41.0 Å². The molecule has 0 spiro atoms. The van der Waals surface area contributed by atoms with Gasteiger partial charge in [0, 0.05) is 17.3 Å². The van der Waals surface area contributed by atoms with Crippen LogP contribution in [0, 0.1) is 26.7 Å². The van der Waals surface area contributed by atoms with E-state index < -0.39 is 17.9 Å². The number of benzene rings is 1. The van der Waals surface area contributed by atoms with Gasteiger partial charge >= 0.3 is 5.97 Å². The summed E-state index contributed by atoms with van der Waals surface area (Å²) in [6.07, 6.45) is 0.212. The van der Waals surface area contributed by atoms with E-state index in [0.717, 1.165) is 27.3 Å². The van der Waals surface area contributed by atoms with E-state index in [1.54, 1.807) is 18.3 Å². The minimum Gasteiger partial charge on any atom is -0.484 e. The van der Waals surface area contributed by atoms with E-state index >= 15 is 0 Å². The Hall–Kier alpha value is -1.85. The van der Waals surface area contributed by atoms with Crippen molar-refractivity contribution in [1.82, 2.24) is 0 Å².